The Morgan fingerprint density at radius 1 is 0.314 bits per heavy atom. The fraction of sp³-hybridized carbons (Fsp3) is 0. The van der Waals surface area contributed by atoms with Crippen LogP contribution in [0, 0.1) is 0 Å². The first-order chi connectivity index (χ1) is 25.3. The zero-order chi connectivity index (χ0) is 33.5. The molecule has 0 saturated carbocycles. The second-order valence-corrected chi connectivity index (χ2v) is 14.4. The Morgan fingerprint density at radius 3 is 1.59 bits per heavy atom. The molecule has 0 radical (unpaired) electrons. The summed E-state index contributed by atoms with van der Waals surface area (Å²) in [5, 5.41) is 7.69. The van der Waals surface area contributed by atoms with Crippen LogP contribution in [0.2, 0.25) is 0 Å². The third kappa shape index (κ3) is 4.29. The molecule has 11 rings (SSSR count). The molecule has 3 heterocycles. The van der Waals surface area contributed by atoms with Crippen molar-refractivity contribution >= 4 is 75.1 Å². The average molecular weight is 667 g/mol. The van der Waals surface area contributed by atoms with E-state index in [0.717, 1.165) is 11.4 Å². The molecule has 0 bridgehead atoms. The Labute approximate surface area is 298 Å². The third-order valence-corrected chi connectivity index (χ3v) is 11.7. The molecule has 0 atom stereocenters. The smallest absolute Gasteiger partial charge is 0.0719 e. The van der Waals surface area contributed by atoms with Gasteiger partial charge in [-0.3, -0.25) is 0 Å². The minimum absolute atomic E-state index is 1.16. The summed E-state index contributed by atoms with van der Waals surface area (Å²) in [4.78, 5) is 0. The van der Waals surface area contributed by atoms with E-state index in [2.05, 4.69) is 191 Å². The van der Waals surface area contributed by atoms with Crippen molar-refractivity contribution < 1.29 is 0 Å². The van der Waals surface area contributed by atoms with E-state index in [4.69, 9.17) is 0 Å². The zero-order valence-electron chi connectivity index (χ0n) is 27.6. The maximum atomic E-state index is 2.52. The van der Waals surface area contributed by atoms with Gasteiger partial charge in [0.2, 0.25) is 0 Å². The summed E-state index contributed by atoms with van der Waals surface area (Å²) in [6.45, 7) is 0. The minimum Gasteiger partial charge on any atom is -0.309 e. The van der Waals surface area contributed by atoms with Crippen LogP contribution in [0.3, 0.4) is 0 Å². The van der Waals surface area contributed by atoms with Gasteiger partial charge >= 0.3 is 0 Å². The Morgan fingerprint density at radius 2 is 0.863 bits per heavy atom. The molecule has 0 fully saturated rings. The zero-order valence-corrected chi connectivity index (χ0v) is 28.4. The van der Waals surface area contributed by atoms with Crippen molar-refractivity contribution in [3.8, 4) is 33.6 Å². The van der Waals surface area contributed by atoms with Crippen LogP contribution < -0.4 is 0 Å². The van der Waals surface area contributed by atoms with Gasteiger partial charge in [-0.2, -0.15) is 0 Å². The lowest BCUT2D eigenvalue weighted by atomic mass is 10.1. The van der Waals surface area contributed by atoms with Gasteiger partial charge in [-0.05, 0) is 70.8 Å². The number of benzene rings is 8. The summed E-state index contributed by atoms with van der Waals surface area (Å²) in [7, 11) is 0. The monoisotopic (exact) mass is 666 g/mol. The highest BCUT2D eigenvalue weighted by molar-refractivity contribution is 7.26. The minimum atomic E-state index is 1.16. The maximum Gasteiger partial charge on any atom is 0.0719 e. The molecule has 11 aromatic rings. The topological polar surface area (TPSA) is 9.86 Å². The van der Waals surface area contributed by atoms with E-state index in [1.54, 1.807) is 0 Å². The molecular formula is C48H30N2S. The first-order valence-electron chi connectivity index (χ1n) is 17.4. The molecule has 51 heavy (non-hydrogen) atoms. The molecule has 0 saturated heterocycles. The van der Waals surface area contributed by atoms with Gasteiger partial charge < -0.3 is 9.13 Å². The lowest BCUT2D eigenvalue weighted by molar-refractivity contribution is 1.17. The maximum absolute atomic E-state index is 2.52. The van der Waals surface area contributed by atoms with Gasteiger partial charge in [-0.1, -0.05) is 133 Å². The highest BCUT2D eigenvalue weighted by Gasteiger charge is 2.21. The van der Waals surface area contributed by atoms with Crippen LogP contribution in [-0.2, 0) is 0 Å². The lowest BCUT2D eigenvalue weighted by Gasteiger charge is -2.12. The number of para-hydroxylation sites is 1. The number of rotatable bonds is 4. The van der Waals surface area contributed by atoms with Crippen LogP contribution in [0.5, 0.6) is 0 Å². The van der Waals surface area contributed by atoms with Crippen molar-refractivity contribution in [3.63, 3.8) is 0 Å². The van der Waals surface area contributed by atoms with Crippen molar-refractivity contribution in [2.45, 2.75) is 0 Å². The number of hydrogen-bond donors (Lipinski definition) is 0. The van der Waals surface area contributed by atoms with Crippen molar-refractivity contribution in [1.29, 1.82) is 0 Å². The highest BCUT2D eigenvalue weighted by atomic mass is 32.1. The number of fused-ring (bicyclic) bond motifs is 10. The fourth-order valence-corrected chi connectivity index (χ4v) is 9.44. The summed E-state index contributed by atoms with van der Waals surface area (Å²) >= 11 is 1.90. The van der Waals surface area contributed by atoms with Crippen molar-refractivity contribution in [3.05, 3.63) is 182 Å². The predicted octanol–water partition coefficient (Wildman–Crippen LogP) is 13.6. The van der Waals surface area contributed by atoms with Crippen molar-refractivity contribution in [1.82, 2.24) is 9.13 Å². The lowest BCUT2D eigenvalue weighted by Crippen LogP contribution is -1.96. The van der Waals surface area contributed by atoms with Crippen LogP contribution in [0.4, 0.5) is 0 Å². The average Bonchev–Trinajstić information content (AvgIpc) is 3.85. The number of thiophene rings is 1. The fourth-order valence-electron chi connectivity index (χ4n) is 8.20. The standard InChI is InChI=1S/C48H30N2S/c1-3-13-31(14-4-1)33-17-11-19-35(27-33)49-43-23-9-7-21-37(43)41-29-42-39-25-26-40-38-22-8-10-24-46(38)51-48(40)47(39)50(45(42)30-44(41)49)36-20-12-18-34(28-36)32-15-5-2-6-16-32/h1-30H. The van der Waals surface area contributed by atoms with Gasteiger partial charge in [0.25, 0.3) is 0 Å². The number of aromatic nitrogens is 2. The van der Waals surface area contributed by atoms with E-state index in [1.807, 2.05) is 11.3 Å². The first-order valence-corrected chi connectivity index (χ1v) is 18.3. The molecule has 0 aliphatic rings. The molecule has 3 heteroatoms. The Hall–Kier alpha value is -6.42. The van der Waals surface area contributed by atoms with Crippen LogP contribution in [-0.4, -0.2) is 9.13 Å². The summed E-state index contributed by atoms with van der Waals surface area (Å²) in [5.74, 6) is 0. The van der Waals surface area contributed by atoms with E-state index in [1.165, 1.54) is 86.0 Å². The van der Waals surface area contributed by atoms with E-state index in [0.29, 0.717) is 0 Å². The SMILES string of the molecule is c1ccc(-c2cccc(-n3c4ccccc4c4cc5c6ccc7c8ccccc8sc7c6n(-c6cccc(-c7ccccc7)c6)c5cc43)c2)cc1. The van der Waals surface area contributed by atoms with E-state index in [9.17, 15) is 0 Å². The quantitative estimate of drug-likeness (QED) is 0.177. The molecule has 0 spiro atoms. The van der Waals surface area contributed by atoms with Crippen LogP contribution in [0.15, 0.2) is 182 Å². The largest absolute Gasteiger partial charge is 0.309 e. The molecule has 238 valence electrons. The second kappa shape index (κ2) is 11.0. The van der Waals surface area contributed by atoms with E-state index < -0.39 is 0 Å². The molecule has 8 aromatic carbocycles. The van der Waals surface area contributed by atoms with Gasteiger partial charge in [0.1, 0.15) is 0 Å². The van der Waals surface area contributed by atoms with Crippen molar-refractivity contribution in [2.24, 2.45) is 0 Å². The normalized spacial score (nSPS) is 11.9. The Bertz CT molecular complexity index is 3130. The highest BCUT2D eigenvalue weighted by Crippen LogP contribution is 2.45. The molecule has 0 unspecified atom stereocenters. The number of nitrogens with zero attached hydrogens (tertiary/aromatic N) is 2. The molecule has 0 N–H and O–H groups in total. The molecule has 3 aromatic heterocycles. The summed E-state index contributed by atoms with van der Waals surface area (Å²) < 4.78 is 7.61. The first kappa shape index (κ1) is 28.4. The summed E-state index contributed by atoms with van der Waals surface area (Å²) in [5.41, 5.74) is 12.0. The Balaban J connectivity index is 1.27. The van der Waals surface area contributed by atoms with Gasteiger partial charge in [-0.25, -0.2) is 0 Å². The third-order valence-electron chi connectivity index (χ3n) is 10.5. The van der Waals surface area contributed by atoms with Crippen molar-refractivity contribution in [2.75, 3.05) is 0 Å². The van der Waals surface area contributed by atoms with E-state index >= 15 is 0 Å². The molecule has 0 amide bonds. The van der Waals surface area contributed by atoms with Gasteiger partial charge in [0.15, 0.2) is 0 Å². The molecule has 0 aliphatic heterocycles. The predicted molar refractivity (Wildman–Crippen MR) is 219 cm³/mol. The van der Waals surface area contributed by atoms with Crippen LogP contribution in [0.25, 0.3) is 97.4 Å². The summed E-state index contributed by atoms with van der Waals surface area (Å²) in [6.07, 6.45) is 0. The number of hydrogen-bond acceptors (Lipinski definition) is 1. The summed E-state index contributed by atoms with van der Waals surface area (Å²) in [6, 6.07) is 66.6. The van der Waals surface area contributed by atoms with Crippen LogP contribution >= 0.6 is 11.3 Å². The van der Waals surface area contributed by atoms with Gasteiger partial charge in [0, 0.05) is 48.4 Å². The molecule has 0 aliphatic carbocycles. The van der Waals surface area contributed by atoms with Gasteiger partial charge in [-0.15, -0.1) is 11.3 Å². The Kier molecular flexibility index (Phi) is 6.16. The second-order valence-electron chi connectivity index (χ2n) is 13.3. The van der Waals surface area contributed by atoms with Gasteiger partial charge in [0.05, 0.1) is 26.8 Å². The molecule has 2 nitrogen and oxygen atoms in total. The molecular weight excluding hydrogens is 637 g/mol. The van der Waals surface area contributed by atoms with E-state index in [-0.39, 0.29) is 0 Å². The van der Waals surface area contributed by atoms with Crippen LogP contribution in [0.1, 0.15) is 0 Å².